The molecule has 7 heteroatoms. The van der Waals surface area contributed by atoms with Crippen molar-refractivity contribution in [3.63, 3.8) is 0 Å². The number of pyridine rings is 1. The first-order valence-electron chi connectivity index (χ1n) is 8.58. The van der Waals surface area contributed by atoms with Gasteiger partial charge in [-0.15, -0.1) is 0 Å². The summed E-state index contributed by atoms with van der Waals surface area (Å²) in [5, 5.41) is 13.9. The highest BCUT2D eigenvalue weighted by atomic mass is 16.5. The second-order valence-electron chi connectivity index (χ2n) is 7.16. The molecule has 2 unspecified atom stereocenters. The number of hydrogen-bond acceptors (Lipinski definition) is 5. The number of carbonyl (C=O) groups excluding carboxylic acids is 1. The summed E-state index contributed by atoms with van der Waals surface area (Å²) in [4.78, 5) is 30.6. The molecule has 1 aliphatic heterocycles. The van der Waals surface area contributed by atoms with Gasteiger partial charge in [-0.3, -0.25) is 9.59 Å². The highest BCUT2D eigenvalue weighted by molar-refractivity contribution is 6.06. The number of carboxylic acid groups (broad SMARTS) is 1. The molecule has 1 aliphatic rings. The van der Waals surface area contributed by atoms with E-state index in [0.29, 0.717) is 41.9 Å². The number of piperidine rings is 1. The summed E-state index contributed by atoms with van der Waals surface area (Å²) in [6.07, 6.45) is 0.468. The van der Waals surface area contributed by atoms with Crippen LogP contribution in [0, 0.1) is 18.8 Å². The van der Waals surface area contributed by atoms with Crippen molar-refractivity contribution in [1.29, 1.82) is 0 Å². The molecule has 0 saturated carbocycles. The van der Waals surface area contributed by atoms with Crippen LogP contribution < -0.4 is 0 Å². The number of aromatic nitrogens is 2. The zero-order valence-electron chi connectivity index (χ0n) is 14.9. The molecule has 0 bridgehead atoms. The molecular formula is C18H23N3O4. The van der Waals surface area contributed by atoms with E-state index in [1.54, 1.807) is 11.8 Å². The Labute approximate surface area is 146 Å². The van der Waals surface area contributed by atoms with Crippen LogP contribution in [0.25, 0.3) is 11.1 Å². The van der Waals surface area contributed by atoms with Gasteiger partial charge in [-0.25, -0.2) is 4.98 Å². The van der Waals surface area contributed by atoms with Crippen LogP contribution in [0.5, 0.6) is 0 Å². The number of aliphatic carboxylic acids is 1. The van der Waals surface area contributed by atoms with E-state index in [1.807, 2.05) is 26.8 Å². The molecule has 2 aromatic heterocycles. The van der Waals surface area contributed by atoms with Crippen LogP contribution in [0.3, 0.4) is 0 Å². The van der Waals surface area contributed by atoms with Gasteiger partial charge in [0.05, 0.1) is 22.6 Å². The highest BCUT2D eigenvalue weighted by Gasteiger charge is 2.34. The summed E-state index contributed by atoms with van der Waals surface area (Å²) >= 11 is 0. The lowest BCUT2D eigenvalue weighted by molar-refractivity contribution is -0.145. The van der Waals surface area contributed by atoms with E-state index >= 15 is 0 Å². The van der Waals surface area contributed by atoms with Crippen molar-refractivity contribution >= 4 is 23.0 Å². The van der Waals surface area contributed by atoms with E-state index in [9.17, 15) is 14.7 Å². The Morgan fingerprint density at radius 2 is 2.12 bits per heavy atom. The molecule has 0 aromatic carbocycles. The standard InChI is InChI=1S/C18H23N3O4/c1-9(2)14-7-13(15-11(4)20-25-16(15)19-14)17(22)21-6-5-12(18(23)24)10(3)8-21/h7,9-10,12H,5-6,8H2,1-4H3,(H,23,24). The van der Waals surface area contributed by atoms with E-state index < -0.39 is 11.9 Å². The van der Waals surface area contributed by atoms with Crippen LogP contribution >= 0.6 is 0 Å². The maximum absolute atomic E-state index is 13.1. The van der Waals surface area contributed by atoms with Gasteiger partial charge in [0.1, 0.15) is 0 Å². The molecule has 1 amide bonds. The van der Waals surface area contributed by atoms with E-state index in [4.69, 9.17) is 4.52 Å². The first kappa shape index (κ1) is 17.4. The monoisotopic (exact) mass is 345 g/mol. The SMILES string of the molecule is Cc1noc2nc(C(C)C)cc(C(=O)N3CCC(C(=O)O)C(C)C3)c12. The lowest BCUT2D eigenvalue weighted by Gasteiger charge is -2.35. The lowest BCUT2D eigenvalue weighted by Crippen LogP contribution is -2.45. The average Bonchev–Trinajstić information content (AvgIpc) is 2.94. The van der Waals surface area contributed by atoms with Gasteiger partial charge in [-0.05, 0) is 31.2 Å². The number of likely N-dealkylation sites (tertiary alicyclic amines) is 1. The van der Waals surface area contributed by atoms with E-state index in [0.717, 1.165) is 5.69 Å². The Bertz CT molecular complexity index is 827. The van der Waals surface area contributed by atoms with Crippen molar-refractivity contribution in [2.24, 2.45) is 11.8 Å². The number of fused-ring (bicyclic) bond motifs is 1. The van der Waals surface area contributed by atoms with Gasteiger partial charge in [0.2, 0.25) is 0 Å². The van der Waals surface area contributed by atoms with Gasteiger partial charge >= 0.3 is 5.97 Å². The van der Waals surface area contributed by atoms with Crippen molar-refractivity contribution in [2.45, 2.75) is 40.0 Å². The maximum atomic E-state index is 13.1. The summed E-state index contributed by atoms with van der Waals surface area (Å²) in [5.74, 6) is -1.23. The molecule has 0 spiro atoms. The zero-order chi connectivity index (χ0) is 18.3. The van der Waals surface area contributed by atoms with Crippen molar-refractivity contribution in [2.75, 3.05) is 13.1 Å². The van der Waals surface area contributed by atoms with Crippen LogP contribution in [0.2, 0.25) is 0 Å². The quantitative estimate of drug-likeness (QED) is 0.919. The second kappa shape index (κ2) is 6.46. The summed E-state index contributed by atoms with van der Waals surface area (Å²) in [5.41, 5.74) is 2.32. The molecule has 1 saturated heterocycles. The number of hydrogen-bond donors (Lipinski definition) is 1. The van der Waals surface area contributed by atoms with Gasteiger partial charge in [0.25, 0.3) is 11.6 Å². The smallest absolute Gasteiger partial charge is 0.306 e. The van der Waals surface area contributed by atoms with Gasteiger partial charge in [-0.1, -0.05) is 25.9 Å². The van der Waals surface area contributed by atoms with E-state index in [1.165, 1.54) is 0 Å². The first-order chi connectivity index (χ1) is 11.8. The third kappa shape index (κ3) is 3.10. The normalized spacial score (nSPS) is 21.1. The minimum Gasteiger partial charge on any atom is -0.481 e. The first-order valence-corrected chi connectivity index (χ1v) is 8.58. The number of carbonyl (C=O) groups is 2. The molecule has 2 aromatic rings. The molecule has 1 N–H and O–H groups in total. The van der Waals surface area contributed by atoms with Crippen molar-refractivity contribution < 1.29 is 19.2 Å². The molecular weight excluding hydrogens is 322 g/mol. The molecule has 7 nitrogen and oxygen atoms in total. The van der Waals surface area contributed by atoms with Gasteiger partial charge in [0, 0.05) is 18.8 Å². The number of rotatable bonds is 3. The Hall–Kier alpha value is -2.44. The summed E-state index contributed by atoms with van der Waals surface area (Å²) < 4.78 is 5.28. The molecule has 25 heavy (non-hydrogen) atoms. The molecule has 2 atom stereocenters. The average molecular weight is 345 g/mol. The van der Waals surface area contributed by atoms with Gasteiger partial charge < -0.3 is 14.5 Å². The fraction of sp³-hybridized carbons (Fsp3) is 0.556. The van der Waals surface area contributed by atoms with Crippen molar-refractivity contribution in [3.8, 4) is 0 Å². The minimum absolute atomic E-state index is 0.0827. The van der Waals surface area contributed by atoms with Crippen molar-refractivity contribution in [1.82, 2.24) is 15.0 Å². The third-order valence-corrected chi connectivity index (χ3v) is 4.97. The molecule has 1 fully saturated rings. The molecule has 0 radical (unpaired) electrons. The highest BCUT2D eigenvalue weighted by Crippen LogP contribution is 2.29. The van der Waals surface area contributed by atoms with Crippen LogP contribution in [0.4, 0.5) is 0 Å². The van der Waals surface area contributed by atoms with Crippen molar-refractivity contribution in [3.05, 3.63) is 23.0 Å². The van der Waals surface area contributed by atoms with Crippen LogP contribution in [-0.2, 0) is 4.79 Å². The van der Waals surface area contributed by atoms with Crippen LogP contribution in [-0.4, -0.2) is 45.1 Å². The predicted molar refractivity (Wildman–Crippen MR) is 91.4 cm³/mol. The van der Waals surface area contributed by atoms with E-state index in [-0.39, 0.29) is 17.7 Å². The van der Waals surface area contributed by atoms with Crippen LogP contribution in [0.15, 0.2) is 10.6 Å². The fourth-order valence-electron chi connectivity index (χ4n) is 3.45. The second-order valence-corrected chi connectivity index (χ2v) is 7.16. The molecule has 0 aliphatic carbocycles. The predicted octanol–water partition coefficient (Wildman–Crippen LogP) is 2.84. The minimum atomic E-state index is -0.789. The van der Waals surface area contributed by atoms with Crippen LogP contribution in [0.1, 0.15) is 54.9 Å². The fourth-order valence-corrected chi connectivity index (χ4v) is 3.45. The maximum Gasteiger partial charge on any atom is 0.306 e. The molecule has 134 valence electrons. The Kier molecular flexibility index (Phi) is 4.49. The lowest BCUT2D eigenvalue weighted by atomic mass is 9.86. The Morgan fingerprint density at radius 1 is 1.40 bits per heavy atom. The molecule has 3 rings (SSSR count). The van der Waals surface area contributed by atoms with Gasteiger partial charge in [-0.2, -0.15) is 0 Å². The molecule has 3 heterocycles. The number of amides is 1. The largest absolute Gasteiger partial charge is 0.481 e. The van der Waals surface area contributed by atoms with E-state index in [2.05, 4.69) is 10.1 Å². The Morgan fingerprint density at radius 3 is 2.72 bits per heavy atom. The summed E-state index contributed by atoms with van der Waals surface area (Å²) in [6.45, 7) is 8.55. The Balaban J connectivity index is 1.97. The summed E-state index contributed by atoms with van der Waals surface area (Å²) in [7, 11) is 0. The van der Waals surface area contributed by atoms with Gasteiger partial charge in [0.15, 0.2) is 0 Å². The number of carboxylic acids is 1. The topological polar surface area (TPSA) is 96.5 Å². The number of aryl methyl sites for hydroxylation is 1. The summed E-state index contributed by atoms with van der Waals surface area (Å²) in [6, 6.07) is 1.81. The zero-order valence-corrected chi connectivity index (χ0v) is 14.9. The third-order valence-electron chi connectivity index (χ3n) is 4.97. The number of nitrogens with zero attached hydrogens (tertiary/aromatic N) is 3.